The molecule has 0 aromatic heterocycles. The maximum absolute atomic E-state index is 12.6. The molecular formula is C21H33BN2O4. The van der Waals surface area contributed by atoms with Crippen LogP contribution in [-0.2, 0) is 25.3 Å². The van der Waals surface area contributed by atoms with Gasteiger partial charge in [0.15, 0.2) is 0 Å². The molecule has 0 saturated carbocycles. The molecule has 28 heavy (non-hydrogen) atoms. The van der Waals surface area contributed by atoms with Gasteiger partial charge in [0.1, 0.15) is 0 Å². The van der Waals surface area contributed by atoms with E-state index in [4.69, 9.17) is 14.0 Å². The Labute approximate surface area is 169 Å². The molecular weight excluding hydrogens is 355 g/mol. The largest absolute Gasteiger partial charge is 0.494 e. The molecule has 3 rings (SSSR count). The lowest BCUT2D eigenvalue weighted by Crippen LogP contribution is -2.49. The topological polar surface area (TPSA) is 51.2 Å². The third-order valence-electron chi connectivity index (χ3n) is 6.20. The highest BCUT2D eigenvalue weighted by molar-refractivity contribution is 6.62. The first kappa shape index (κ1) is 21.3. The Morgan fingerprint density at radius 2 is 1.61 bits per heavy atom. The quantitative estimate of drug-likeness (QED) is 0.688. The average Bonchev–Trinajstić information content (AvgIpc) is 2.88. The lowest BCUT2D eigenvalue weighted by molar-refractivity contribution is -0.132. The van der Waals surface area contributed by atoms with E-state index in [9.17, 15) is 4.79 Å². The SMILES string of the molecule is COCCN1CCN(C(=O)Cc2ccc(B3OC(C)(C)C(C)(C)O3)cc2)CC1. The number of amides is 1. The van der Waals surface area contributed by atoms with Crippen molar-refractivity contribution in [3.05, 3.63) is 29.8 Å². The number of carbonyl (C=O) groups excluding carboxylic acids is 1. The van der Waals surface area contributed by atoms with Crippen molar-refractivity contribution in [3.63, 3.8) is 0 Å². The van der Waals surface area contributed by atoms with Crippen LogP contribution in [-0.4, -0.2) is 80.5 Å². The molecule has 0 radical (unpaired) electrons. The molecule has 1 aromatic rings. The number of ether oxygens (including phenoxy) is 1. The number of piperazine rings is 1. The van der Waals surface area contributed by atoms with Crippen molar-refractivity contribution in [1.29, 1.82) is 0 Å². The highest BCUT2D eigenvalue weighted by Crippen LogP contribution is 2.36. The molecule has 0 N–H and O–H groups in total. The van der Waals surface area contributed by atoms with Gasteiger partial charge in [-0.15, -0.1) is 0 Å². The van der Waals surface area contributed by atoms with Gasteiger partial charge in [-0.2, -0.15) is 0 Å². The van der Waals surface area contributed by atoms with Crippen LogP contribution in [0.5, 0.6) is 0 Å². The monoisotopic (exact) mass is 388 g/mol. The van der Waals surface area contributed by atoms with Crippen molar-refractivity contribution >= 4 is 18.5 Å². The second-order valence-corrected chi connectivity index (χ2v) is 8.72. The van der Waals surface area contributed by atoms with Crippen molar-refractivity contribution in [2.75, 3.05) is 46.4 Å². The fraction of sp³-hybridized carbons (Fsp3) is 0.667. The first-order valence-corrected chi connectivity index (χ1v) is 10.2. The summed E-state index contributed by atoms with van der Waals surface area (Å²) in [5.41, 5.74) is 1.31. The van der Waals surface area contributed by atoms with Crippen LogP contribution in [0.3, 0.4) is 0 Å². The van der Waals surface area contributed by atoms with Crippen molar-refractivity contribution < 1.29 is 18.8 Å². The second-order valence-electron chi connectivity index (χ2n) is 8.72. The minimum absolute atomic E-state index is 0.190. The number of benzene rings is 1. The molecule has 0 aliphatic carbocycles. The summed E-state index contributed by atoms with van der Waals surface area (Å²) in [5.74, 6) is 0.190. The van der Waals surface area contributed by atoms with Gasteiger partial charge in [-0.05, 0) is 38.7 Å². The van der Waals surface area contributed by atoms with Crippen LogP contribution >= 0.6 is 0 Å². The van der Waals surface area contributed by atoms with Crippen molar-refractivity contribution in [3.8, 4) is 0 Å². The Morgan fingerprint density at radius 3 is 2.14 bits per heavy atom. The summed E-state index contributed by atoms with van der Waals surface area (Å²) in [6, 6.07) is 8.03. The molecule has 1 aromatic carbocycles. The molecule has 6 nitrogen and oxygen atoms in total. The van der Waals surface area contributed by atoms with E-state index in [0.29, 0.717) is 6.42 Å². The Kier molecular flexibility index (Phi) is 6.49. The van der Waals surface area contributed by atoms with E-state index in [0.717, 1.165) is 50.4 Å². The van der Waals surface area contributed by atoms with Gasteiger partial charge >= 0.3 is 7.12 Å². The highest BCUT2D eigenvalue weighted by atomic mass is 16.7. The van der Waals surface area contributed by atoms with Gasteiger partial charge in [0, 0.05) is 39.8 Å². The third-order valence-corrected chi connectivity index (χ3v) is 6.20. The predicted octanol–water partition coefficient (Wildman–Crippen LogP) is 1.32. The minimum atomic E-state index is -0.366. The molecule has 2 aliphatic rings. The van der Waals surface area contributed by atoms with Gasteiger partial charge in [-0.3, -0.25) is 9.69 Å². The number of methoxy groups -OCH3 is 1. The van der Waals surface area contributed by atoms with Gasteiger partial charge in [-0.1, -0.05) is 24.3 Å². The number of carbonyl (C=O) groups is 1. The van der Waals surface area contributed by atoms with Gasteiger partial charge in [0.2, 0.25) is 5.91 Å². The zero-order chi connectivity index (χ0) is 20.4. The molecule has 0 bridgehead atoms. The van der Waals surface area contributed by atoms with Crippen LogP contribution in [0.4, 0.5) is 0 Å². The summed E-state index contributed by atoms with van der Waals surface area (Å²) < 4.78 is 17.3. The molecule has 2 fully saturated rings. The maximum Gasteiger partial charge on any atom is 0.494 e. The van der Waals surface area contributed by atoms with Gasteiger partial charge < -0.3 is 18.9 Å². The first-order valence-electron chi connectivity index (χ1n) is 10.2. The van der Waals surface area contributed by atoms with Gasteiger partial charge in [0.05, 0.1) is 24.2 Å². The Morgan fingerprint density at radius 1 is 1.04 bits per heavy atom. The van der Waals surface area contributed by atoms with Crippen molar-refractivity contribution in [1.82, 2.24) is 9.80 Å². The molecule has 2 aliphatic heterocycles. The molecule has 154 valence electrons. The van der Waals surface area contributed by atoms with Gasteiger partial charge in [-0.25, -0.2) is 0 Å². The second kappa shape index (κ2) is 8.53. The zero-order valence-electron chi connectivity index (χ0n) is 17.9. The summed E-state index contributed by atoms with van der Waals surface area (Å²) >= 11 is 0. The Bertz CT molecular complexity index is 653. The molecule has 1 amide bonds. The standard InChI is InChI=1S/C21H33BN2O4/c1-20(2)21(3,4)28-22(27-20)18-8-6-17(7-9-18)16-19(25)24-12-10-23(11-13-24)14-15-26-5/h6-9H,10-16H2,1-5H3. The summed E-state index contributed by atoms with van der Waals surface area (Å²) in [5, 5.41) is 0. The summed E-state index contributed by atoms with van der Waals surface area (Å²) in [7, 11) is 1.35. The molecule has 2 saturated heterocycles. The van der Waals surface area contributed by atoms with E-state index in [-0.39, 0.29) is 24.2 Å². The van der Waals surface area contributed by atoms with Crippen molar-refractivity contribution in [2.24, 2.45) is 0 Å². The minimum Gasteiger partial charge on any atom is -0.399 e. The third kappa shape index (κ3) is 4.77. The molecule has 0 atom stereocenters. The fourth-order valence-electron chi connectivity index (χ4n) is 3.50. The van der Waals surface area contributed by atoms with Gasteiger partial charge in [0.25, 0.3) is 0 Å². The lowest BCUT2D eigenvalue weighted by Gasteiger charge is -2.34. The number of hydrogen-bond donors (Lipinski definition) is 0. The average molecular weight is 388 g/mol. The van der Waals surface area contributed by atoms with Crippen LogP contribution in [0.1, 0.15) is 33.3 Å². The first-order chi connectivity index (χ1) is 13.2. The fourth-order valence-corrected chi connectivity index (χ4v) is 3.50. The normalized spacial score (nSPS) is 21.9. The zero-order valence-corrected chi connectivity index (χ0v) is 17.9. The smallest absolute Gasteiger partial charge is 0.399 e. The molecule has 0 spiro atoms. The molecule has 7 heteroatoms. The number of nitrogens with zero attached hydrogens (tertiary/aromatic N) is 2. The summed E-state index contributed by atoms with van der Waals surface area (Å²) in [6.45, 7) is 13.3. The van der Waals surface area contributed by atoms with E-state index in [1.54, 1.807) is 7.11 Å². The van der Waals surface area contributed by atoms with E-state index < -0.39 is 0 Å². The van der Waals surface area contributed by atoms with Crippen LogP contribution in [0.25, 0.3) is 0 Å². The van der Waals surface area contributed by atoms with E-state index in [2.05, 4.69) is 32.6 Å². The van der Waals surface area contributed by atoms with Crippen LogP contribution < -0.4 is 5.46 Å². The van der Waals surface area contributed by atoms with Crippen LogP contribution in [0.2, 0.25) is 0 Å². The molecule has 2 heterocycles. The Hall–Kier alpha value is -1.41. The summed E-state index contributed by atoms with van der Waals surface area (Å²) in [4.78, 5) is 16.9. The number of hydrogen-bond acceptors (Lipinski definition) is 5. The van der Waals surface area contributed by atoms with Crippen LogP contribution in [0, 0.1) is 0 Å². The van der Waals surface area contributed by atoms with Crippen molar-refractivity contribution in [2.45, 2.75) is 45.3 Å². The predicted molar refractivity (Wildman–Crippen MR) is 111 cm³/mol. The van der Waals surface area contributed by atoms with E-state index in [1.807, 2.05) is 29.2 Å². The Balaban J connectivity index is 1.52. The van der Waals surface area contributed by atoms with Crippen LogP contribution in [0.15, 0.2) is 24.3 Å². The number of rotatable bonds is 6. The highest BCUT2D eigenvalue weighted by Gasteiger charge is 2.51. The summed E-state index contributed by atoms with van der Waals surface area (Å²) in [6.07, 6.45) is 0.432. The lowest BCUT2D eigenvalue weighted by atomic mass is 9.79. The maximum atomic E-state index is 12.6. The molecule has 0 unspecified atom stereocenters. The van der Waals surface area contributed by atoms with E-state index >= 15 is 0 Å². The van der Waals surface area contributed by atoms with E-state index in [1.165, 1.54) is 0 Å².